The lowest BCUT2D eigenvalue weighted by Crippen LogP contribution is -2.36. The highest BCUT2D eigenvalue weighted by molar-refractivity contribution is 5.97. The lowest BCUT2D eigenvalue weighted by atomic mass is 9.61. The molecule has 0 radical (unpaired) electrons. The summed E-state index contributed by atoms with van der Waals surface area (Å²) in [6.07, 6.45) is 2.79. The number of aliphatic imine (C=N–C) groups is 3. The number of hydrogen-bond acceptors (Lipinski definition) is 9. The molecule has 0 aliphatic heterocycles. The van der Waals surface area contributed by atoms with Gasteiger partial charge >= 0.3 is 0 Å². The fraction of sp³-hybridized carbons (Fsp3) is 0.368. The van der Waals surface area contributed by atoms with Crippen molar-refractivity contribution in [1.82, 2.24) is 0 Å². The van der Waals surface area contributed by atoms with Crippen LogP contribution in [0.5, 0.6) is 0 Å². The van der Waals surface area contributed by atoms with Crippen LogP contribution in [-0.4, -0.2) is 73.4 Å². The van der Waals surface area contributed by atoms with Crippen LogP contribution in [0.1, 0.15) is 83.7 Å². The summed E-state index contributed by atoms with van der Waals surface area (Å²) < 4.78 is 0. The summed E-state index contributed by atoms with van der Waals surface area (Å²) in [6, 6.07) is 15.2. The second-order valence-electron chi connectivity index (χ2n) is 14.0. The van der Waals surface area contributed by atoms with E-state index >= 15 is 0 Å². The molecular weight excluding hydrogens is 715 g/mol. The van der Waals surface area contributed by atoms with E-state index in [4.69, 9.17) is 51.6 Å². The quantitative estimate of drug-likeness (QED) is 0.0309. The number of nitrogens with one attached hydrogen (secondary N) is 3. The van der Waals surface area contributed by atoms with Crippen LogP contribution in [0.3, 0.4) is 0 Å². The van der Waals surface area contributed by atoms with Crippen LogP contribution >= 0.6 is 0 Å². The number of anilines is 3. The molecule has 3 amide bonds. The zero-order valence-corrected chi connectivity index (χ0v) is 31.2. The van der Waals surface area contributed by atoms with Crippen molar-refractivity contribution in [3.63, 3.8) is 0 Å². The SMILES string of the molecule is NC(N)=NCCC[C@H](N)C(=O)Nc1ccc2c(c1)C1c3cc(NC(=O)[C@@H](N)CCCN=C(N)N)ccc3C2c2ccc(NC(=O)[C@@H](N)CCCN=C(N)N)cc21. The van der Waals surface area contributed by atoms with Crippen LogP contribution in [0.25, 0.3) is 0 Å². The molecule has 3 aliphatic carbocycles. The fourth-order valence-corrected chi connectivity index (χ4v) is 7.16. The highest BCUT2D eigenvalue weighted by atomic mass is 16.2. The second kappa shape index (κ2) is 18.4. The van der Waals surface area contributed by atoms with Gasteiger partial charge in [0.05, 0.1) is 18.1 Å². The van der Waals surface area contributed by atoms with Crippen molar-refractivity contribution in [2.24, 2.45) is 66.6 Å². The van der Waals surface area contributed by atoms with E-state index in [1.807, 2.05) is 54.6 Å². The number of benzene rings is 3. The molecule has 0 unspecified atom stereocenters. The third-order valence-electron chi connectivity index (χ3n) is 9.84. The largest absolute Gasteiger partial charge is 0.370 e. The van der Waals surface area contributed by atoms with Crippen LogP contribution in [0, 0.1) is 0 Å². The van der Waals surface area contributed by atoms with Crippen molar-refractivity contribution in [2.75, 3.05) is 35.6 Å². The summed E-state index contributed by atoms with van der Waals surface area (Å²) in [4.78, 5) is 51.3. The standard InChI is InChI=1S/C38H53N15O3/c39-28(4-1-13-48-36(42)43)33(54)51-19-7-10-22-25(16-19)32-26-17-20(52-34(55)29(40)5-2-14-49-37(44)45)8-11-23(26)31(22)24-12-9-21(18-27(24)32)53-35(56)30(41)6-3-15-50-38(46)47/h7-12,16-18,28-32H,1-6,13-15,39-41H2,(H,51,54)(H,52,55)(H,53,56)(H4,42,43,48)(H4,44,45,49)(H4,46,47,50)/t28-,29-,30-,31?,32?/m0/s1. The minimum absolute atomic E-state index is 0.0161. The van der Waals surface area contributed by atoms with E-state index in [1.54, 1.807) is 0 Å². The first kappa shape index (κ1) is 40.9. The number of hydrogen-bond donors (Lipinski definition) is 12. The smallest absolute Gasteiger partial charge is 0.241 e. The highest BCUT2D eigenvalue weighted by Gasteiger charge is 2.42. The van der Waals surface area contributed by atoms with Crippen molar-refractivity contribution in [1.29, 1.82) is 0 Å². The normalized spacial score (nSPS) is 16.1. The Bertz CT molecular complexity index is 1790. The summed E-state index contributed by atoms with van der Waals surface area (Å²) in [7, 11) is 0. The maximum absolute atomic E-state index is 13.1. The van der Waals surface area contributed by atoms with E-state index in [1.165, 1.54) is 0 Å². The average molecular weight is 768 g/mol. The number of guanidine groups is 3. The molecule has 3 atom stereocenters. The van der Waals surface area contributed by atoms with Crippen LogP contribution in [0.2, 0.25) is 0 Å². The van der Waals surface area contributed by atoms with Crippen molar-refractivity contribution in [3.05, 3.63) is 88.0 Å². The van der Waals surface area contributed by atoms with Crippen LogP contribution in [0.15, 0.2) is 69.6 Å². The van der Waals surface area contributed by atoms with Gasteiger partial charge in [-0.2, -0.15) is 0 Å². The number of rotatable bonds is 18. The molecule has 0 heterocycles. The predicted molar refractivity (Wildman–Crippen MR) is 221 cm³/mol. The number of carbonyl (C=O) groups is 3. The molecule has 18 heteroatoms. The summed E-state index contributed by atoms with van der Waals surface area (Å²) in [6.45, 7) is 1.10. The van der Waals surface area contributed by atoms with Crippen molar-refractivity contribution in [2.45, 2.75) is 68.5 Å². The molecule has 21 N–H and O–H groups in total. The maximum Gasteiger partial charge on any atom is 0.241 e. The lowest BCUT2D eigenvalue weighted by Gasteiger charge is -2.42. The number of carbonyl (C=O) groups excluding carboxylic acids is 3. The van der Waals surface area contributed by atoms with Crippen molar-refractivity contribution in [3.8, 4) is 0 Å². The van der Waals surface area contributed by atoms with E-state index in [0.717, 1.165) is 33.4 Å². The molecule has 0 aromatic heterocycles. The summed E-state index contributed by atoms with van der Waals surface area (Å²) in [5, 5.41) is 8.90. The minimum atomic E-state index is -0.772. The molecule has 18 nitrogen and oxygen atoms in total. The molecule has 0 saturated heterocycles. The molecule has 0 saturated carbocycles. The third kappa shape index (κ3) is 10.1. The van der Waals surface area contributed by atoms with Gasteiger partial charge in [-0.05, 0) is 108 Å². The predicted octanol–water partition coefficient (Wildman–Crippen LogP) is -0.368. The second-order valence-corrected chi connectivity index (χ2v) is 14.0. The Hall–Kier alpha value is -6.24. The molecule has 6 rings (SSSR count). The Balaban J connectivity index is 1.42. The van der Waals surface area contributed by atoms with Gasteiger partial charge in [0.1, 0.15) is 0 Å². The van der Waals surface area contributed by atoms with E-state index in [9.17, 15) is 14.4 Å². The van der Waals surface area contributed by atoms with Crippen molar-refractivity contribution < 1.29 is 14.4 Å². The first-order valence-electron chi connectivity index (χ1n) is 18.5. The van der Waals surface area contributed by atoms with Gasteiger partial charge in [0.2, 0.25) is 17.7 Å². The van der Waals surface area contributed by atoms with E-state index in [0.29, 0.717) is 75.2 Å². The first-order chi connectivity index (χ1) is 26.7. The molecule has 0 spiro atoms. The van der Waals surface area contributed by atoms with Gasteiger partial charge in [-0.3, -0.25) is 29.4 Å². The summed E-state index contributed by atoms with van der Waals surface area (Å²) in [5.41, 5.74) is 58.9. The Morgan fingerprint density at radius 2 is 0.732 bits per heavy atom. The van der Waals surface area contributed by atoms with E-state index in [-0.39, 0.29) is 47.4 Å². The van der Waals surface area contributed by atoms with Gasteiger partial charge in [0.15, 0.2) is 17.9 Å². The van der Waals surface area contributed by atoms with Gasteiger partial charge < -0.3 is 67.6 Å². The fourth-order valence-electron chi connectivity index (χ4n) is 7.16. The maximum atomic E-state index is 13.1. The molecule has 56 heavy (non-hydrogen) atoms. The molecular formula is C38H53N15O3. The highest BCUT2D eigenvalue weighted by Crippen LogP contribution is 2.57. The number of nitrogens with zero attached hydrogens (tertiary/aromatic N) is 3. The molecule has 2 bridgehead atoms. The van der Waals surface area contributed by atoms with E-state index < -0.39 is 18.1 Å². The topological polar surface area (TPSA) is 359 Å². The molecule has 3 aromatic carbocycles. The van der Waals surface area contributed by atoms with Gasteiger partial charge in [-0.25, -0.2) is 0 Å². The number of amides is 3. The lowest BCUT2D eigenvalue weighted by molar-refractivity contribution is -0.118. The third-order valence-corrected chi connectivity index (χ3v) is 9.84. The van der Waals surface area contributed by atoms with Crippen molar-refractivity contribution >= 4 is 52.7 Å². The zero-order chi connectivity index (χ0) is 40.5. The van der Waals surface area contributed by atoms with E-state index in [2.05, 4.69) is 30.9 Å². The van der Waals surface area contributed by atoms with Crippen LogP contribution in [-0.2, 0) is 14.4 Å². The van der Waals surface area contributed by atoms with Gasteiger partial charge in [-0.15, -0.1) is 0 Å². The van der Waals surface area contributed by atoms with Crippen LogP contribution in [0.4, 0.5) is 17.1 Å². The Morgan fingerprint density at radius 1 is 0.464 bits per heavy atom. The molecule has 298 valence electrons. The first-order valence-corrected chi connectivity index (χ1v) is 18.5. The Morgan fingerprint density at radius 3 is 1.00 bits per heavy atom. The average Bonchev–Trinajstić information content (AvgIpc) is 3.15. The number of nitrogens with two attached hydrogens (primary N) is 9. The monoisotopic (exact) mass is 767 g/mol. The Labute approximate surface area is 325 Å². The molecule has 0 fully saturated rings. The van der Waals surface area contributed by atoms with Gasteiger partial charge in [-0.1, -0.05) is 18.2 Å². The molecule has 3 aliphatic rings. The Kier molecular flexibility index (Phi) is 13.4. The summed E-state index contributed by atoms with van der Waals surface area (Å²) >= 11 is 0. The van der Waals surface area contributed by atoms with Gasteiger partial charge in [0.25, 0.3) is 0 Å². The van der Waals surface area contributed by atoms with Crippen LogP contribution < -0.4 is 67.6 Å². The summed E-state index contributed by atoms with van der Waals surface area (Å²) in [5.74, 6) is -1.54. The zero-order valence-electron chi connectivity index (χ0n) is 31.2. The van der Waals surface area contributed by atoms with Gasteiger partial charge in [0, 0.05) is 48.5 Å². The molecule has 3 aromatic rings. The minimum Gasteiger partial charge on any atom is -0.370 e.